The Bertz CT molecular complexity index is 1070. The molecule has 134 valence electrons. The number of pyridine rings is 1. The summed E-state index contributed by atoms with van der Waals surface area (Å²) in [6.45, 7) is -0.642. The molecule has 2 aromatic carbocycles. The molecule has 0 aliphatic rings. The minimum atomic E-state index is -1.25. The number of para-hydroxylation sites is 1. The van der Waals surface area contributed by atoms with E-state index in [-0.39, 0.29) is 22.2 Å². The van der Waals surface area contributed by atoms with E-state index < -0.39 is 29.9 Å². The summed E-state index contributed by atoms with van der Waals surface area (Å²) >= 11 is 0. The molecule has 0 radical (unpaired) electrons. The summed E-state index contributed by atoms with van der Waals surface area (Å²) in [5.41, 5.74) is -0.563. The molecular formula is C19H13N3O5. The summed E-state index contributed by atoms with van der Waals surface area (Å²) in [6.07, 6.45) is 0. The topological polar surface area (TPSA) is 133 Å². The van der Waals surface area contributed by atoms with Gasteiger partial charge in [0.25, 0.3) is 5.91 Å². The van der Waals surface area contributed by atoms with Crippen LogP contribution in [0.1, 0.15) is 16.2 Å². The number of nitrogens with one attached hydrogen (secondary N) is 1. The number of aromatic hydroxyl groups is 1. The summed E-state index contributed by atoms with van der Waals surface area (Å²) in [4.78, 5) is 26.6. The lowest BCUT2D eigenvalue weighted by Crippen LogP contribution is -2.30. The smallest absolute Gasteiger partial charge is 0.322 e. The van der Waals surface area contributed by atoms with Crippen molar-refractivity contribution < 1.29 is 24.5 Å². The van der Waals surface area contributed by atoms with Crippen LogP contribution in [-0.4, -0.2) is 33.6 Å². The van der Waals surface area contributed by atoms with Crippen LogP contribution >= 0.6 is 0 Å². The first-order chi connectivity index (χ1) is 13.0. The first-order valence-electron chi connectivity index (χ1n) is 7.80. The second kappa shape index (κ2) is 7.41. The number of benzene rings is 2. The van der Waals surface area contributed by atoms with Gasteiger partial charge >= 0.3 is 5.97 Å². The number of carbonyl (C=O) groups is 2. The van der Waals surface area contributed by atoms with E-state index in [4.69, 9.17) is 9.84 Å². The Hall–Kier alpha value is -4.12. The molecular weight excluding hydrogens is 350 g/mol. The summed E-state index contributed by atoms with van der Waals surface area (Å²) in [5, 5.41) is 31.1. The van der Waals surface area contributed by atoms with E-state index in [1.54, 1.807) is 36.4 Å². The van der Waals surface area contributed by atoms with Crippen LogP contribution in [0.4, 0.5) is 0 Å². The van der Waals surface area contributed by atoms with Crippen molar-refractivity contribution in [3.8, 4) is 23.3 Å². The van der Waals surface area contributed by atoms with Crippen molar-refractivity contribution in [2.75, 3.05) is 6.54 Å². The molecule has 8 heteroatoms. The van der Waals surface area contributed by atoms with E-state index in [9.17, 15) is 20.0 Å². The fourth-order valence-electron chi connectivity index (χ4n) is 2.50. The van der Waals surface area contributed by atoms with Gasteiger partial charge in [-0.15, -0.1) is 0 Å². The molecule has 3 N–H and O–H groups in total. The zero-order valence-corrected chi connectivity index (χ0v) is 13.8. The molecule has 1 heterocycles. The van der Waals surface area contributed by atoms with Crippen molar-refractivity contribution in [2.45, 2.75) is 0 Å². The Morgan fingerprint density at radius 1 is 1.15 bits per heavy atom. The molecule has 3 aromatic rings. The third-order valence-corrected chi connectivity index (χ3v) is 3.66. The third-order valence-electron chi connectivity index (χ3n) is 3.66. The normalized spacial score (nSPS) is 10.2. The number of hydrogen-bond acceptors (Lipinski definition) is 6. The minimum absolute atomic E-state index is 0.130. The van der Waals surface area contributed by atoms with E-state index >= 15 is 0 Å². The van der Waals surface area contributed by atoms with Crippen LogP contribution in [-0.2, 0) is 4.79 Å². The quantitative estimate of drug-likeness (QED) is 0.634. The third kappa shape index (κ3) is 3.62. The standard InChI is InChI=1S/C19H13N3O5/c20-9-13-16-12(18(25)17(22-13)19(26)21-10-15(23)24)7-4-8-14(16)27-11-5-2-1-3-6-11/h1-8,25H,10H2,(H,21,26)(H,23,24). The molecule has 0 atom stereocenters. The van der Waals surface area contributed by atoms with Gasteiger partial charge in [0.1, 0.15) is 24.1 Å². The van der Waals surface area contributed by atoms with Crippen molar-refractivity contribution >= 4 is 22.6 Å². The summed E-state index contributed by atoms with van der Waals surface area (Å²) < 4.78 is 5.79. The molecule has 27 heavy (non-hydrogen) atoms. The molecule has 1 amide bonds. The van der Waals surface area contributed by atoms with Crippen LogP contribution in [0.25, 0.3) is 10.8 Å². The van der Waals surface area contributed by atoms with Crippen LogP contribution in [0.2, 0.25) is 0 Å². The van der Waals surface area contributed by atoms with Gasteiger partial charge in [0.2, 0.25) is 0 Å². The van der Waals surface area contributed by atoms with Gasteiger partial charge in [0.15, 0.2) is 17.1 Å². The van der Waals surface area contributed by atoms with E-state index in [0.717, 1.165) is 0 Å². The average Bonchev–Trinajstić information content (AvgIpc) is 2.67. The fourth-order valence-corrected chi connectivity index (χ4v) is 2.50. The van der Waals surface area contributed by atoms with E-state index in [1.807, 2.05) is 12.1 Å². The maximum Gasteiger partial charge on any atom is 0.322 e. The number of nitrogens with zero attached hydrogens (tertiary/aromatic N) is 2. The molecule has 0 bridgehead atoms. The maximum absolute atomic E-state index is 12.1. The highest BCUT2D eigenvalue weighted by Gasteiger charge is 2.22. The number of rotatable bonds is 5. The molecule has 0 aliphatic heterocycles. The van der Waals surface area contributed by atoms with Gasteiger partial charge in [-0.1, -0.05) is 30.3 Å². The number of amides is 1. The number of nitriles is 1. The second-order valence-electron chi connectivity index (χ2n) is 5.44. The van der Waals surface area contributed by atoms with Crippen molar-refractivity contribution in [3.63, 3.8) is 0 Å². The predicted octanol–water partition coefficient (Wildman–Crippen LogP) is 2.42. The summed E-state index contributed by atoms with van der Waals surface area (Å²) in [5.74, 6) is -1.80. The Kier molecular flexibility index (Phi) is 4.86. The Balaban J connectivity index is 2.12. The lowest BCUT2D eigenvalue weighted by Gasteiger charge is -2.13. The minimum Gasteiger partial charge on any atom is -0.505 e. The number of hydrogen-bond donors (Lipinski definition) is 3. The molecule has 8 nitrogen and oxygen atoms in total. The van der Waals surface area contributed by atoms with Gasteiger partial charge in [0.05, 0.1) is 5.39 Å². The van der Waals surface area contributed by atoms with E-state index in [0.29, 0.717) is 5.75 Å². The number of fused-ring (bicyclic) bond motifs is 1. The van der Waals surface area contributed by atoms with Crippen LogP contribution in [0.5, 0.6) is 17.2 Å². The van der Waals surface area contributed by atoms with Crippen molar-refractivity contribution in [3.05, 3.63) is 59.9 Å². The monoisotopic (exact) mass is 363 g/mol. The van der Waals surface area contributed by atoms with Crippen molar-refractivity contribution in [1.82, 2.24) is 10.3 Å². The van der Waals surface area contributed by atoms with E-state index in [2.05, 4.69) is 10.3 Å². The van der Waals surface area contributed by atoms with E-state index in [1.165, 1.54) is 6.07 Å². The molecule has 0 fully saturated rings. The Morgan fingerprint density at radius 3 is 2.56 bits per heavy atom. The van der Waals surface area contributed by atoms with Crippen LogP contribution in [0, 0.1) is 11.3 Å². The first kappa shape index (κ1) is 17.7. The Labute approximate surface area is 153 Å². The van der Waals surface area contributed by atoms with Gasteiger partial charge in [-0.25, -0.2) is 4.98 Å². The lowest BCUT2D eigenvalue weighted by molar-refractivity contribution is -0.135. The zero-order chi connectivity index (χ0) is 19.4. The predicted molar refractivity (Wildman–Crippen MR) is 94.6 cm³/mol. The Morgan fingerprint density at radius 2 is 1.89 bits per heavy atom. The van der Waals surface area contributed by atoms with Gasteiger partial charge in [-0.3, -0.25) is 9.59 Å². The number of aliphatic carboxylic acids is 1. The zero-order valence-electron chi connectivity index (χ0n) is 13.8. The SMILES string of the molecule is N#Cc1nc(C(=O)NCC(=O)O)c(O)c2cccc(Oc3ccccc3)c12. The summed E-state index contributed by atoms with van der Waals surface area (Å²) in [6, 6.07) is 15.5. The van der Waals surface area contributed by atoms with Crippen LogP contribution < -0.4 is 10.1 Å². The molecule has 0 saturated carbocycles. The number of ether oxygens (including phenoxy) is 1. The van der Waals surface area contributed by atoms with Crippen LogP contribution in [0.3, 0.4) is 0 Å². The second-order valence-corrected chi connectivity index (χ2v) is 5.44. The van der Waals surface area contributed by atoms with Gasteiger partial charge < -0.3 is 20.3 Å². The largest absolute Gasteiger partial charge is 0.505 e. The highest BCUT2D eigenvalue weighted by Crippen LogP contribution is 2.37. The van der Waals surface area contributed by atoms with Crippen molar-refractivity contribution in [1.29, 1.82) is 5.26 Å². The molecule has 0 spiro atoms. The molecule has 0 saturated heterocycles. The average molecular weight is 363 g/mol. The number of carboxylic acid groups (broad SMARTS) is 1. The van der Waals surface area contributed by atoms with Gasteiger partial charge in [-0.2, -0.15) is 5.26 Å². The lowest BCUT2D eigenvalue weighted by atomic mass is 10.1. The van der Waals surface area contributed by atoms with Crippen molar-refractivity contribution in [2.24, 2.45) is 0 Å². The van der Waals surface area contributed by atoms with Gasteiger partial charge in [-0.05, 0) is 18.2 Å². The highest BCUT2D eigenvalue weighted by molar-refractivity contribution is 6.05. The molecule has 1 aromatic heterocycles. The molecule has 0 aliphatic carbocycles. The first-order valence-corrected chi connectivity index (χ1v) is 7.80. The number of carbonyl (C=O) groups excluding carboxylic acids is 1. The number of aromatic nitrogens is 1. The molecule has 0 unspecified atom stereocenters. The number of carboxylic acids is 1. The highest BCUT2D eigenvalue weighted by atomic mass is 16.5. The summed E-state index contributed by atoms with van der Waals surface area (Å²) in [7, 11) is 0. The maximum atomic E-state index is 12.1. The van der Waals surface area contributed by atoms with Crippen LogP contribution in [0.15, 0.2) is 48.5 Å². The fraction of sp³-hybridized carbons (Fsp3) is 0.0526. The van der Waals surface area contributed by atoms with Gasteiger partial charge in [0, 0.05) is 5.39 Å². The molecule has 3 rings (SSSR count).